The van der Waals surface area contributed by atoms with E-state index in [0.717, 1.165) is 24.4 Å². The van der Waals surface area contributed by atoms with Crippen LogP contribution < -0.4 is 5.32 Å². The van der Waals surface area contributed by atoms with E-state index in [0.29, 0.717) is 12.5 Å². The third-order valence-corrected chi connectivity index (χ3v) is 4.74. The Labute approximate surface area is 120 Å². The summed E-state index contributed by atoms with van der Waals surface area (Å²) in [7, 11) is 0. The van der Waals surface area contributed by atoms with Crippen LogP contribution in [0.3, 0.4) is 0 Å². The molecule has 1 unspecified atom stereocenters. The number of ether oxygens (including phenoxy) is 1. The van der Waals surface area contributed by atoms with Crippen LogP contribution in [0.15, 0.2) is 30.3 Å². The van der Waals surface area contributed by atoms with E-state index >= 15 is 0 Å². The van der Waals surface area contributed by atoms with Crippen LogP contribution in [0, 0.1) is 11.8 Å². The molecule has 3 nitrogen and oxygen atoms in total. The van der Waals surface area contributed by atoms with Crippen LogP contribution in [0.1, 0.15) is 37.7 Å². The predicted molar refractivity (Wildman–Crippen MR) is 78.1 cm³/mol. The van der Waals surface area contributed by atoms with E-state index in [2.05, 4.69) is 5.32 Å². The molecular formula is C17H23NO2. The minimum absolute atomic E-state index is 0.0886. The molecule has 1 saturated carbocycles. The predicted octanol–water partition coefficient (Wildman–Crippen LogP) is 2.90. The van der Waals surface area contributed by atoms with Gasteiger partial charge >= 0.3 is 5.97 Å². The zero-order valence-electron chi connectivity index (χ0n) is 11.9. The fourth-order valence-electron chi connectivity index (χ4n) is 3.56. The van der Waals surface area contributed by atoms with Crippen molar-refractivity contribution in [3.05, 3.63) is 35.9 Å². The minimum Gasteiger partial charge on any atom is -0.460 e. The molecule has 3 heteroatoms. The molecule has 0 aromatic heterocycles. The first kappa shape index (κ1) is 13.6. The van der Waals surface area contributed by atoms with Gasteiger partial charge in [-0.05, 0) is 30.4 Å². The lowest BCUT2D eigenvalue weighted by Gasteiger charge is -2.16. The molecule has 2 atom stereocenters. The maximum absolute atomic E-state index is 12.1. The SMILES string of the molecule is O=C(OCc1ccccc1)[C@@H]1CC(C2CCCC2)CN1. The van der Waals surface area contributed by atoms with Crippen LogP contribution in [0.25, 0.3) is 0 Å². The van der Waals surface area contributed by atoms with E-state index < -0.39 is 0 Å². The van der Waals surface area contributed by atoms with Gasteiger partial charge in [0.15, 0.2) is 0 Å². The van der Waals surface area contributed by atoms with Crippen molar-refractivity contribution in [1.29, 1.82) is 0 Å². The Morgan fingerprint density at radius 2 is 1.90 bits per heavy atom. The Morgan fingerprint density at radius 1 is 1.15 bits per heavy atom. The van der Waals surface area contributed by atoms with Crippen molar-refractivity contribution in [2.45, 2.75) is 44.8 Å². The third kappa shape index (κ3) is 3.21. The van der Waals surface area contributed by atoms with Crippen molar-refractivity contribution >= 4 is 5.97 Å². The summed E-state index contributed by atoms with van der Waals surface area (Å²) in [6.07, 6.45) is 6.38. The minimum atomic E-state index is -0.0932. The average molecular weight is 273 g/mol. The van der Waals surface area contributed by atoms with Gasteiger partial charge in [0.2, 0.25) is 0 Å². The van der Waals surface area contributed by atoms with E-state index in [1.807, 2.05) is 30.3 Å². The van der Waals surface area contributed by atoms with Crippen molar-refractivity contribution in [2.24, 2.45) is 11.8 Å². The Morgan fingerprint density at radius 3 is 2.65 bits per heavy atom. The number of nitrogens with one attached hydrogen (secondary N) is 1. The zero-order valence-corrected chi connectivity index (χ0v) is 11.9. The van der Waals surface area contributed by atoms with Gasteiger partial charge in [-0.2, -0.15) is 0 Å². The van der Waals surface area contributed by atoms with E-state index in [1.165, 1.54) is 25.7 Å². The molecule has 20 heavy (non-hydrogen) atoms. The molecule has 2 aliphatic rings. The monoisotopic (exact) mass is 273 g/mol. The number of benzene rings is 1. The molecule has 2 fully saturated rings. The number of carbonyl (C=O) groups is 1. The summed E-state index contributed by atoms with van der Waals surface area (Å²) in [5.74, 6) is 1.41. The fourth-order valence-corrected chi connectivity index (χ4v) is 3.56. The van der Waals surface area contributed by atoms with Crippen molar-refractivity contribution in [1.82, 2.24) is 5.32 Å². The lowest BCUT2D eigenvalue weighted by molar-refractivity contribution is -0.147. The second-order valence-corrected chi connectivity index (χ2v) is 6.09. The molecule has 1 saturated heterocycles. The first-order chi connectivity index (χ1) is 9.83. The topological polar surface area (TPSA) is 38.3 Å². The molecule has 1 aromatic carbocycles. The average Bonchev–Trinajstić information content (AvgIpc) is 3.16. The van der Waals surface area contributed by atoms with Gasteiger partial charge in [-0.1, -0.05) is 56.0 Å². The van der Waals surface area contributed by atoms with Crippen molar-refractivity contribution in [2.75, 3.05) is 6.54 Å². The Balaban J connectivity index is 1.46. The lowest BCUT2D eigenvalue weighted by atomic mass is 9.89. The molecule has 1 aliphatic heterocycles. The molecule has 0 bridgehead atoms. The van der Waals surface area contributed by atoms with Crippen LogP contribution in [-0.2, 0) is 16.1 Å². The molecule has 0 radical (unpaired) electrons. The molecule has 0 spiro atoms. The second-order valence-electron chi connectivity index (χ2n) is 6.09. The largest absolute Gasteiger partial charge is 0.460 e. The van der Waals surface area contributed by atoms with E-state index in [-0.39, 0.29) is 12.0 Å². The molecule has 1 heterocycles. The molecule has 1 N–H and O–H groups in total. The van der Waals surface area contributed by atoms with E-state index in [4.69, 9.17) is 4.74 Å². The first-order valence-corrected chi connectivity index (χ1v) is 7.77. The van der Waals surface area contributed by atoms with Crippen LogP contribution in [-0.4, -0.2) is 18.6 Å². The van der Waals surface area contributed by atoms with Gasteiger partial charge in [0.05, 0.1) is 0 Å². The number of rotatable bonds is 4. The molecule has 1 aliphatic carbocycles. The van der Waals surface area contributed by atoms with Crippen molar-refractivity contribution in [3.8, 4) is 0 Å². The van der Waals surface area contributed by atoms with Gasteiger partial charge in [0, 0.05) is 0 Å². The Bertz CT molecular complexity index is 440. The van der Waals surface area contributed by atoms with Gasteiger partial charge in [-0.3, -0.25) is 4.79 Å². The standard InChI is InChI=1S/C17H23NO2/c19-17(20-12-13-6-2-1-3-7-13)16-10-15(11-18-16)14-8-4-5-9-14/h1-3,6-7,14-16,18H,4-5,8-12H2/t15?,16-/m0/s1. The summed E-state index contributed by atoms with van der Waals surface area (Å²) in [5, 5.41) is 3.35. The summed E-state index contributed by atoms with van der Waals surface area (Å²) in [5.41, 5.74) is 1.05. The fraction of sp³-hybridized carbons (Fsp3) is 0.588. The van der Waals surface area contributed by atoms with Crippen LogP contribution in [0.4, 0.5) is 0 Å². The van der Waals surface area contributed by atoms with Crippen LogP contribution >= 0.6 is 0 Å². The summed E-state index contributed by atoms with van der Waals surface area (Å²) >= 11 is 0. The molecule has 0 amide bonds. The smallest absolute Gasteiger partial charge is 0.323 e. The molecule has 3 rings (SSSR count). The van der Waals surface area contributed by atoms with Crippen molar-refractivity contribution < 1.29 is 9.53 Å². The van der Waals surface area contributed by atoms with Gasteiger partial charge in [0.25, 0.3) is 0 Å². The molecular weight excluding hydrogens is 250 g/mol. The Hall–Kier alpha value is -1.35. The third-order valence-electron chi connectivity index (χ3n) is 4.74. The lowest BCUT2D eigenvalue weighted by Crippen LogP contribution is -2.32. The maximum Gasteiger partial charge on any atom is 0.323 e. The Kier molecular flexibility index (Phi) is 4.36. The van der Waals surface area contributed by atoms with Crippen molar-refractivity contribution in [3.63, 3.8) is 0 Å². The van der Waals surface area contributed by atoms with Crippen LogP contribution in [0.5, 0.6) is 0 Å². The van der Waals surface area contributed by atoms with Gasteiger partial charge < -0.3 is 10.1 Å². The van der Waals surface area contributed by atoms with Crippen LogP contribution in [0.2, 0.25) is 0 Å². The summed E-state index contributed by atoms with van der Waals surface area (Å²) < 4.78 is 5.42. The quantitative estimate of drug-likeness (QED) is 0.857. The maximum atomic E-state index is 12.1. The number of hydrogen-bond donors (Lipinski definition) is 1. The first-order valence-electron chi connectivity index (χ1n) is 7.77. The highest BCUT2D eigenvalue weighted by atomic mass is 16.5. The highest BCUT2D eigenvalue weighted by Gasteiger charge is 2.35. The number of carbonyl (C=O) groups excluding carboxylic acids is 1. The number of hydrogen-bond acceptors (Lipinski definition) is 3. The normalized spacial score (nSPS) is 26.8. The van der Waals surface area contributed by atoms with Gasteiger partial charge in [-0.15, -0.1) is 0 Å². The summed E-state index contributed by atoms with van der Waals surface area (Å²) in [6.45, 7) is 1.36. The highest BCUT2D eigenvalue weighted by Crippen LogP contribution is 2.35. The highest BCUT2D eigenvalue weighted by molar-refractivity contribution is 5.76. The number of esters is 1. The summed E-state index contributed by atoms with van der Waals surface area (Å²) in [4.78, 5) is 12.1. The van der Waals surface area contributed by atoms with Gasteiger partial charge in [-0.25, -0.2) is 0 Å². The summed E-state index contributed by atoms with van der Waals surface area (Å²) in [6, 6.07) is 9.77. The van der Waals surface area contributed by atoms with E-state index in [1.54, 1.807) is 0 Å². The second kappa shape index (κ2) is 6.40. The van der Waals surface area contributed by atoms with E-state index in [9.17, 15) is 4.79 Å². The zero-order chi connectivity index (χ0) is 13.8. The molecule has 108 valence electrons. The van der Waals surface area contributed by atoms with Gasteiger partial charge in [0.1, 0.15) is 12.6 Å². The molecule has 1 aromatic rings.